The van der Waals surface area contributed by atoms with Crippen molar-refractivity contribution in [2.75, 3.05) is 7.11 Å². The molecule has 39 heavy (non-hydrogen) atoms. The second kappa shape index (κ2) is 10.4. The Morgan fingerprint density at radius 3 is 1.36 bits per heavy atom. The van der Waals surface area contributed by atoms with Crippen molar-refractivity contribution in [3.05, 3.63) is 35.4 Å². The molecule has 0 aliphatic rings. The van der Waals surface area contributed by atoms with Gasteiger partial charge in [0.2, 0.25) is 0 Å². The highest BCUT2D eigenvalue weighted by Gasteiger charge is 2.95. The molecule has 0 spiro atoms. The summed E-state index contributed by atoms with van der Waals surface area (Å²) in [4.78, 5) is 0. The van der Waals surface area contributed by atoms with Gasteiger partial charge in [0, 0.05) is 13.5 Å². The van der Waals surface area contributed by atoms with Gasteiger partial charge < -0.3 is 4.74 Å². The van der Waals surface area contributed by atoms with Gasteiger partial charge >= 0.3 is 47.6 Å². The molecule has 1 nitrogen and oxygen atoms in total. The van der Waals surface area contributed by atoms with E-state index in [9.17, 15) is 74.6 Å². The van der Waals surface area contributed by atoms with Gasteiger partial charge in [0.05, 0.1) is 6.10 Å². The highest BCUT2D eigenvalue weighted by Crippen LogP contribution is 2.64. The van der Waals surface area contributed by atoms with Gasteiger partial charge in [0.1, 0.15) is 0 Å². The molecule has 0 aliphatic heterocycles. The Kier molecular flexibility index (Phi) is 9.37. The smallest absolute Gasteiger partial charge is 0.377 e. The zero-order valence-corrected chi connectivity index (χ0v) is 19.7. The molecule has 1 aromatic carbocycles. The van der Waals surface area contributed by atoms with Gasteiger partial charge in [-0.3, -0.25) is 0 Å². The van der Waals surface area contributed by atoms with E-state index in [0.29, 0.717) is 7.11 Å². The average Bonchev–Trinajstić information content (AvgIpc) is 2.76. The topological polar surface area (TPSA) is 9.23 Å². The summed E-state index contributed by atoms with van der Waals surface area (Å²) >= 11 is 0. The number of halogens is 17. The fraction of sp³-hybridized carbons (Fsp3) is 0.714. The third-order valence-corrected chi connectivity index (χ3v) is 5.54. The number of methoxy groups -OCH3 is 1. The third kappa shape index (κ3) is 5.49. The third-order valence-electron chi connectivity index (χ3n) is 5.54. The number of benzene rings is 1. The maximum atomic E-state index is 14.4. The summed E-state index contributed by atoms with van der Waals surface area (Å²) in [6.07, 6.45) is -12.7. The van der Waals surface area contributed by atoms with Gasteiger partial charge in [0.25, 0.3) is 0 Å². The molecule has 0 aliphatic carbocycles. The second-order valence-electron chi connectivity index (χ2n) is 8.87. The average molecular weight is 610 g/mol. The van der Waals surface area contributed by atoms with E-state index in [-0.39, 0.29) is 23.5 Å². The maximum absolute atomic E-state index is 14.4. The van der Waals surface area contributed by atoms with Crippen LogP contribution in [-0.2, 0) is 11.2 Å². The SMILES string of the molecule is COC(CC(F)(F)C(F)(F)C(F)(F)C(F)(F)C(F)(F)C(F)(F)C(F)(F)C(F)(F)F)c1ccccc1CC(C)C. The minimum atomic E-state index is -8.65. The Bertz CT molecular complexity index is 981. The maximum Gasteiger partial charge on any atom is 0.460 e. The predicted molar refractivity (Wildman–Crippen MR) is 100 cm³/mol. The van der Waals surface area contributed by atoms with E-state index in [4.69, 9.17) is 0 Å². The first-order valence-electron chi connectivity index (χ1n) is 10.4. The molecule has 0 saturated carbocycles. The van der Waals surface area contributed by atoms with Crippen molar-refractivity contribution in [3.63, 3.8) is 0 Å². The zero-order chi connectivity index (χ0) is 31.3. The van der Waals surface area contributed by atoms with Crippen LogP contribution in [-0.4, -0.2) is 54.7 Å². The van der Waals surface area contributed by atoms with Crippen LogP contribution in [0.1, 0.15) is 37.5 Å². The molecular formula is C21H19F17O. The summed E-state index contributed by atoms with van der Waals surface area (Å²) in [7, 11) is 0.575. The lowest BCUT2D eigenvalue weighted by molar-refractivity contribution is -0.462. The first kappa shape index (κ1) is 35.0. The molecule has 0 bridgehead atoms. The fourth-order valence-electron chi connectivity index (χ4n) is 3.35. The van der Waals surface area contributed by atoms with Crippen molar-refractivity contribution in [2.24, 2.45) is 5.92 Å². The quantitative estimate of drug-likeness (QED) is 0.215. The lowest BCUT2D eigenvalue weighted by Crippen LogP contribution is -2.74. The summed E-state index contributed by atoms with van der Waals surface area (Å²) in [6.45, 7) is 3.20. The lowest BCUT2D eigenvalue weighted by Gasteiger charge is -2.43. The Labute approximate surface area is 209 Å². The van der Waals surface area contributed by atoms with Crippen LogP contribution < -0.4 is 0 Å². The van der Waals surface area contributed by atoms with Crippen LogP contribution in [0.3, 0.4) is 0 Å². The van der Waals surface area contributed by atoms with Crippen molar-refractivity contribution < 1.29 is 79.4 Å². The van der Waals surface area contributed by atoms with Crippen LogP contribution in [0.15, 0.2) is 24.3 Å². The van der Waals surface area contributed by atoms with Crippen molar-refractivity contribution in [1.29, 1.82) is 0 Å². The molecule has 0 amide bonds. The van der Waals surface area contributed by atoms with E-state index in [1.165, 1.54) is 12.1 Å². The van der Waals surface area contributed by atoms with E-state index < -0.39 is 60.2 Å². The Balaban J connectivity index is 3.62. The summed E-state index contributed by atoms with van der Waals surface area (Å²) in [5, 5.41) is 0. The molecule has 1 unspecified atom stereocenters. The zero-order valence-electron chi connectivity index (χ0n) is 19.7. The number of hydrogen-bond acceptors (Lipinski definition) is 1. The van der Waals surface area contributed by atoms with Gasteiger partial charge in [-0.1, -0.05) is 38.1 Å². The van der Waals surface area contributed by atoms with Gasteiger partial charge in [-0.05, 0) is 23.5 Å². The van der Waals surface area contributed by atoms with Crippen LogP contribution in [0.4, 0.5) is 74.6 Å². The normalized spacial score (nSPS) is 16.1. The molecule has 228 valence electrons. The van der Waals surface area contributed by atoms with Gasteiger partial charge in [-0.25, -0.2) is 0 Å². The molecular weight excluding hydrogens is 591 g/mol. The molecule has 1 rings (SSSR count). The van der Waals surface area contributed by atoms with Crippen LogP contribution in [0.5, 0.6) is 0 Å². The van der Waals surface area contributed by atoms with E-state index >= 15 is 0 Å². The summed E-state index contributed by atoms with van der Waals surface area (Å²) < 4.78 is 234. The predicted octanol–water partition coefficient (Wildman–Crippen LogP) is 8.97. The molecule has 18 heteroatoms. The Morgan fingerprint density at radius 1 is 0.590 bits per heavy atom. The van der Waals surface area contributed by atoms with Crippen LogP contribution in [0.25, 0.3) is 0 Å². The molecule has 0 fully saturated rings. The number of ether oxygens (including phenoxy) is 1. The van der Waals surface area contributed by atoms with E-state index in [0.717, 1.165) is 12.1 Å². The Hall–Kier alpha value is -2.01. The van der Waals surface area contributed by atoms with Gasteiger partial charge in [0.15, 0.2) is 0 Å². The summed E-state index contributed by atoms with van der Waals surface area (Å²) in [6, 6.07) is 4.69. The lowest BCUT2D eigenvalue weighted by atomic mass is 9.86. The minimum Gasteiger partial charge on any atom is -0.377 e. The molecule has 0 heterocycles. The molecule has 0 radical (unpaired) electrons. The highest BCUT2D eigenvalue weighted by atomic mass is 19.4. The van der Waals surface area contributed by atoms with Gasteiger partial charge in [-0.15, -0.1) is 0 Å². The number of rotatable bonds is 12. The van der Waals surface area contributed by atoms with Crippen molar-refractivity contribution in [3.8, 4) is 0 Å². The molecule has 1 atom stereocenters. The van der Waals surface area contributed by atoms with E-state index in [1.807, 2.05) is 0 Å². The number of hydrogen-bond donors (Lipinski definition) is 0. The van der Waals surface area contributed by atoms with Crippen molar-refractivity contribution in [2.45, 2.75) is 80.4 Å². The fourth-order valence-corrected chi connectivity index (χ4v) is 3.35. The first-order chi connectivity index (χ1) is 17.1. The van der Waals surface area contributed by atoms with Crippen LogP contribution in [0, 0.1) is 5.92 Å². The van der Waals surface area contributed by atoms with E-state index in [1.54, 1.807) is 13.8 Å². The molecule has 0 N–H and O–H groups in total. The largest absolute Gasteiger partial charge is 0.460 e. The second-order valence-corrected chi connectivity index (χ2v) is 8.87. The minimum absolute atomic E-state index is 0.0426. The first-order valence-corrected chi connectivity index (χ1v) is 10.4. The molecule has 0 saturated heterocycles. The van der Waals surface area contributed by atoms with Crippen molar-refractivity contribution in [1.82, 2.24) is 0 Å². The summed E-state index contributed by atoms with van der Waals surface area (Å²) in [5.74, 6) is -56.8. The highest BCUT2D eigenvalue weighted by molar-refractivity contribution is 5.30. The van der Waals surface area contributed by atoms with Crippen LogP contribution >= 0.6 is 0 Å². The van der Waals surface area contributed by atoms with Gasteiger partial charge in [-0.2, -0.15) is 74.6 Å². The van der Waals surface area contributed by atoms with Crippen molar-refractivity contribution >= 4 is 0 Å². The molecule has 1 aromatic rings. The molecule has 0 aromatic heterocycles. The Morgan fingerprint density at radius 2 is 0.974 bits per heavy atom. The standard InChI is InChI=1S/C21H19F17O/c1-10(2)8-11-6-4-5-7-12(11)13(39-3)9-14(22,23)15(24,25)16(26,27)17(28,29)18(30,31)19(32,33)20(34,35)21(36,37)38/h4-7,10,13H,8-9H2,1-3H3. The number of alkyl halides is 17. The van der Waals surface area contributed by atoms with Crippen LogP contribution in [0.2, 0.25) is 0 Å². The summed E-state index contributed by atoms with van der Waals surface area (Å²) in [5.41, 5.74) is -0.267. The monoisotopic (exact) mass is 610 g/mol. The van der Waals surface area contributed by atoms with E-state index in [2.05, 4.69) is 4.74 Å².